The number of hydrogen-bond acceptors (Lipinski definition) is 4. The van der Waals surface area contributed by atoms with E-state index < -0.39 is 0 Å². The summed E-state index contributed by atoms with van der Waals surface area (Å²) in [6, 6.07) is 2.43. The van der Waals surface area contributed by atoms with E-state index in [1.807, 2.05) is 21.6 Å². The zero-order valence-corrected chi connectivity index (χ0v) is 12.5. The van der Waals surface area contributed by atoms with Gasteiger partial charge in [0, 0.05) is 25.7 Å². The van der Waals surface area contributed by atoms with Crippen LogP contribution in [-0.2, 0) is 8.85 Å². The van der Waals surface area contributed by atoms with E-state index in [0.29, 0.717) is 19.5 Å². The van der Waals surface area contributed by atoms with Crippen LogP contribution in [0.25, 0.3) is 0 Å². The Hall–Kier alpha value is 1.05. The molecule has 0 aromatic rings. The molecule has 0 rings (SSSR count). The van der Waals surface area contributed by atoms with Gasteiger partial charge >= 0.3 is 0 Å². The van der Waals surface area contributed by atoms with Crippen molar-refractivity contribution >= 4 is 41.1 Å². The molecular weight excluding hydrogens is 248 g/mol. The van der Waals surface area contributed by atoms with E-state index in [4.69, 9.17) is 8.85 Å². The molecule has 0 unspecified atom stereocenters. The van der Waals surface area contributed by atoms with Crippen LogP contribution in [0.2, 0.25) is 12.1 Å². The van der Waals surface area contributed by atoms with Crippen molar-refractivity contribution in [1.82, 2.24) is 0 Å². The molecule has 0 aromatic heterocycles. The smallest absolute Gasteiger partial charge is 0.229 e. The van der Waals surface area contributed by atoms with Crippen LogP contribution in [0, 0.1) is 0 Å². The van der Waals surface area contributed by atoms with E-state index >= 15 is 0 Å². The van der Waals surface area contributed by atoms with Crippen LogP contribution in [0.1, 0.15) is 12.8 Å². The van der Waals surface area contributed by atoms with Crippen molar-refractivity contribution in [3.8, 4) is 0 Å². The molecule has 14 heavy (non-hydrogen) atoms. The van der Waals surface area contributed by atoms with Gasteiger partial charge in [0.15, 0.2) is 0 Å². The van der Waals surface area contributed by atoms with Crippen LogP contribution >= 0.6 is 21.6 Å². The molecule has 2 nitrogen and oxygen atoms in total. The highest BCUT2D eigenvalue weighted by molar-refractivity contribution is 8.76. The average Bonchev–Trinajstić information content (AvgIpc) is 2.21. The van der Waals surface area contributed by atoms with E-state index in [9.17, 15) is 0 Å². The summed E-state index contributed by atoms with van der Waals surface area (Å²) < 4.78 is 10.0. The Balaban J connectivity index is 2.78. The molecule has 0 amide bonds. The minimum atomic E-state index is 0.689. The summed E-state index contributed by atoms with van der Waals surface area (Å²) in [4.78, 5) is 0. The van der Waals surface area contributed by atoms with Gasteiger partial charge in [-0.25, -0.2) is 0 Å². The molecular formula is C8H18O2S2Si2. The first kappa shape index (κ1) is 15.1. The van der Waals surface area contributed by atoms with E-state index in [0.717, 1.165) is 0 Å². The SMILES string of the molecule is CO[Si]CCCSSCCC[Si]OC. The molecule has 0 aromatic carbocycles. The summed E-state index contributed by atoms with van der Waals surface area (Å²) >= 11 is 0. The summed E-state index contributed by atoms with van der Waals surface area (Å²) in [6.45, 7) is 0. The molecule has 0 spiro atoms. The van der Waals surface area contributed by atoms with Crippen molar-refractivity contribution < 1.29 is 8.85 Å². The standard InChI is InChI=1S/C8H18O2S2Si2/c1-9-13-7-3-5-11-12-6-4-8-14-10-2/h3-8H2,1-2H3. The summed E-state index contributed by atoms with van der Waals surface area (Å²) in [5, 5.41) is 0. The van der Waals surface area contributed by atoms with E-state index in [1.54, 1.807) is 14.2 Å². The molecule has 0 atom stereocenters. The van der Waals surface area contributed by atoms with Gasteiger partial charge in [0.25, 0.3) is 0 Å². The van der Waals surface area contributed by atoms with E-state index in [1.165, 1.54) is 36.4 Å². The van der Waals surface area contributed by atoms with E-state index in [2.05, 4.69) is 0 Å². The Morgan fingerprint density at radius 1 is 0.857 bits per heavy atom. The van der Waals surface area contributed by atoms with Gasteiger partial charge in [-0.05, 0) is 24.9 Å². The number of hydrogen-bond donors (Lipinski definition) is 0. The third kappa shape index (κ3) is 13.1. The van der Waals surface area contributed by atoms with Crippen LogP contribution in [0.4, 0.5) is 0 Å². The quantitative estimate of drug-likeness (QED) is 0.325. The van der Waals surface area contributed by atoms with Gasteiger partial charge in [-0.1, -0.05) is 21.6 Å². The Morgan fingerprint density at radius 2 is 1.29 bits per heavy atom. The van der Waals surface area contributed by atoms with Crippen molar-refractivity contribution in [3.63, 3.8) is 0 Å². The van der Waals surface area contributed by atoms with Crippen molar-refractivity contribution in [2.75, 3.05) is 25.7 Å². The molecule has 0 saturated carbocycles. The monoisotopic (exact) mass is 266 g/mol. The second kappa shape index (κ2) is 14.1. The van der Waals surface area contributed by atoms with Gasteiger partial charge in [-0.15, -0.1) is 0 Å². The maximum Gasteiger partial charge on any atom is 0.229 e. The first-order valence-corrected chi connectivity index (χ1v) is 9.39. The minimum Gasteiger partial charge on any atom is -0.421 e. The summed E-state index contributed by atoms with van der Waals surface area (Å²) in [7, 11) is 8.91. The van der Waals surface area contributed by atoms with Gasteiger partial charge in [-0.2, -0.15) is 0 Å². The molecule has 0 aliphatic heterocycles. The molecule has 4 radical (unpaired) electrons. The maximum absolute atomic E-state index is 5.01. The summed E-state index contributed by atoms with van der Waals surface area (Å²) in [5.74, 6) is 2.52. The lowest BCUT2D eigenvalue weighted by molar-refractivity contribution is 0.440. The van der Waals surface area contributed by atoms with E-state index in [-0.39, 0.29) is 0 Å². The fourth-order valence-electron chi connectivity index (χ4n) is 0.729. The van der Waals surface area contributed by atoms with Crippen molar-refractivity contribution in [3.05, 3.63) is 0 Å². The zero-order valence-electron chi connectivity index (χ0n) is 8.88. The molecule has 0 heterocycles. The topological polar surface area (TPSA) is 18.5 Å². The lowest BCUT2D eigenvalue weighted by Gasteiger charge is -2.00. The lowest BCUT2D eigenvalue weighted by atomic mass is 10.6. The minimum absolute atomic E-state index is 0.689. The predicted octanol–water partition coefficient (Wildman–Crippen LogP) is 2.52. The maximum atomic E-state index is 5.01. The Morgan fingerprint density at radius 3 is 1.64 bits per heavy atom. The molecule has 0 fully saturated rings. The van der Waals surface area contributed by atoms with Crippen LogP contribution in [0.5, 0.6) is 0 Å². The Bertz CT molecular complexity index is 97.3. The predicted molar refractivity (Wildman–Crippen MR) is 69.3 cm³/mol. The Kier molecular flexibility index (Phi) is 15.1. The normalized spacial score (nSPS) is 10.7. The number of rotatable bonds is 11. The third-order valence-corrected chi connectivity index (χ3v) is 5.66. The van der Waals surface area contributed by atoms with Crippen LogP contribution < -0.4 is 0 Å². The first-order valence-electron chi connectivity index (χ1n) is 4.68. The van der Waals surface area contributed by atoms with Crippen molar-refractivity contribution in [2.24, 2.45) is 0 Å². The van der Waals surface area contributed by atoms with Gasteiger partial charge in [0.2, 0.25) is 19.5 Å². The molecule has 82 valence electrons. The van der Waals surface area contributed by atoms with Gasteiger partial charge in [0.05, 0.1) is 0 Å². The molecule has 0 bridgehead atoms. The van der Waals surface area contributed by atoms with Crippen LogP contribution in [0.3, 0.4) is 0 Å². The van der Waals surface area contributed by atoms with Crippen LogP contribution in [0.15, 0.2) is 0 Å². The first-order chi connectivity index (χ1) is 6.91. The lowest BCUT2D eigenvalue weighted by Crippen LogP contribution is -1.93. The molecule has 6 heteroatoms. The fraction of sp³-hybridized carbons (Fsp3) is 1.00. The van der Waals surface area contributed by atoms with Crippen LogP contribution in [-0.4, -0.2) is 45.3 Å². The second-order valence-electron chi connectivity index (χ2n) is 2.55. The molecule has 0 aliphatic carbocycles. The Labute approximate surface area is 101 Å². The highest BCUT2D eigenvalue weighted by atomic mass is 33.1. The van der Waals surface area contributed by atoms with Gasteiger partial charge in [0.1, 0.15) is 0 Å². The second-order valence-corrected chi connectivity index (χ2v) is 7.64. The summed E-state index contributed by atoms with van der Waals surface area (Å²) in [5.41, 5.74) is 0. The molecule has 0 N–H and O–H groups in total. The van der Waals surface area contributed by atoms with Gasteiger partial charge < -0.3 is 8.85 Å². The molecule has 0 saturated heterocycles. The van der Waals surface area contributed by atoms with Gasteiger partial charge in [-0.3, -0.25) is 0 Å². The average molecular weight is 267 g/mol. The fourth-order valence-corrected chi connectivity index (χ4v) is 4.47. The third-order valence-electron chi connectivity index (χ3n) is 1.39. The highest BCUT2D eigenvalue weighted by Crippen LogP contribution is 2.23. The van der Waals surface area contributed by atoms with Crippen molar-refractivity contribution in [1.29, 1.82) is 0 Å². The highest BCUT2D eigenvalue weighted by Gasteiger charge is 1.94. The summed E-state index contributed by atoms with van der Waals surface area (Å²) in [6.07, 6.45) is 2.56. The largest absolute Gasteiger partial charge is 0.421 e. The van der Waals surface area contributed by atoms with Crippen molar-refractivity contribution in [2.45, 2.75) is 24.9 Å². The molecule has 0 aliphatic rings. The zero-order chi connectivity index (χ0) is 10.5.